The van der Waals surface area contributed by atoms with Gasteiger partial charge in [-0.25, -0.2) is 9.78 Å². The number of Topliss-reactive ketones (excluding diaryl/α,β-unsaturated/α-hetero) is 1. The van der Waals surface area contributed by atoms with Crippen molar-refractivity contribution >= 4 is 40.4 Å². The van der Waals surface area contributed by atoms with E-state index in [0.29, 0.717) is 27.7 Å². The number of nitrogens with two attached hydrogens (primary N) is 1. The van der Waals surface area contributed by atoms with Crippen LogP contribution in [0.4, 0.5) is 5.69 Å². The van der Waals surface area contributed by atoms with Gasteiger partial charge in [0.1, 0.15) is 5.01 Å². The number of hydrogen-bond acceptors (Lipinski definition) is 7. The number of rotatable bonds is 6. The summed E-state index contributed by atoms with van der Waals surface area (Å²) in [7, 11) is 1.37. The number of esters is 1. The lowest BCUT2D eigenvalue weighted by Gasteiger charge is -2.22. The Kier molecular flexibility index (Phi) is 6.60. The first-order chi connectivity index (χ1) is 15.4. The van der Waals surface area contributed by atoms with Crippen LogP contribution in [0.25, 0.3) is 10.6 Å². The Morgan fingerprint density at radius 3 is 2.66 bits per heavy atom. The summed E-state index contributed by atoms with van der Waals surface area (Å²) >= 11 is 7.34. The second-order valence-electron chi connectivity index (χ2n) is 7.83. The fourth-order valence-corrected chi connectivity index (χ4v) is 5.22. The standard InChI is InChI=1S/C24H24ClN3O3S/c1-14-22(32-23(27-14)15-7-9-17(25)10-8-15)21(29)20(26)16-11-12-28(13-16)19-6-4-3-5-18(19)24(30)31-2/h3-10,16,20H,11-13,26H2,1-2H3. The SMILES string of the molecule is COC(=O)c1ccccc1N1CCC(C(N)C(=O)c2sc(-c3ccc(Cl)cc3)nc2C)C1. The molecular weight excluding hydrogens is 446 g/mol. The summed E-state index contributed by atoms with van der Waals surface area (Å²) in [4.78, 5) is 32.7. The quantitative estimate of drug-likeness (QED) is 0.419. The molecule has 0 aliphatic carbocycles. The van der Waals surface area contributed by atoms with Crippen LogP contribution in [-0.4, -0.2) is 43.0 Å². The molecule has 1 saturated heterocycles. The molecule has 0 radical (unpaired) electrons. The second-order valence-corrected chi connectivity index (χ2v) is 9.27. The third kappa shape index (κ3) is 4.41. The summed E-state index contributed by atoms with van der Waals surface area (Å²) in [6, 6.07) is 14.1. The maximum Gasteiger partial charge on any atom is 0.339 e. The van der Waals surface area contributed by atoms with Gasteiger partial charge in [0.15, 0.2) is 5.78 Å². The number of anilines is 1. The number of aromatic nitrogens is 1. The lowest BCUT2D eigenvalue weighted by atomic mass is 9.95. The summed E-state index contributed by atoms with van der Waals surface area (Å²) in [5.74, 6) is -0.485. The molecule has 0 spiro atoms. The summed E-state index contributed by atoms with van der Waals surface area (Å²) in [5.41, 5.74) is 9.37. The number of methoxy groups -OCH3 is 1. The molecule has 3 aromatic rings. The third-order valence-corrected chi connectivity index (χ3v) is 7.27. The zero-order valence-electron chi connectivity index (χ0n) is 17.9. The van der Waals surface area contributed by atoms with E-state index >= 15 is 0 Å². The van der Waals surface area contributed by atoms with Crippen LogP contribution in [-0.2, 0) is 4.74 Å². The summed E-state index contributed by atoms with van der Waals surface area (Å²) in [6.45, 7) is 3.16. The second kappa shape index (κ2) is 9.40. The number of carbonyl (C=O) groups excluding carboxylic acids is 2. The van der Waals surface area contributed by atoms with Crippen molar-refractivity contribution in [2.24, 2.45) is 11.7 Å². The first kappa shape index (κ1) is 22.5. The van der Waals surface area contributed by atoms with Gasteiger partial charge in [0.05, 0.1) is 35.0 Å². The van der Waals surface area contributed by atoms with Gasteiger partial charge in [-0.15, -0.1) is 11.3 Å². The molecule has 32 heavy (non-hydrogen) atoms. The van der Waals surface area contributed by atoms with Crippen LogP contribution in [0.3, 0.4) is 0 Å². The Labute approximate surface area is 196 Å². The molecule has 6 nitrogen and oxygen atoms in total. The molecule has 4 rings (SSSR count). The molecular formula is C24H24ClN3O3S. The monoisotopic (exact) mass is 469 g/mol. The van der Waals surface area contributed by atoms with Gasteiger partial charge in [0, 0.05) is 29.6 Å². The van der Waals surface area contributed by atoms with E-state index in [1.54, 1.807) is 18.2 Å². The number of nitrogens with zero attached hydrogens (tertiary/aromatic N) is 2. The lowest BCUT2D eigenvalue weighted by molar-refractivity contribution is 0.0601. The molecule has 2 N–H and O–H groups in total. The summed E-state index contributed by atoms with van der Waals surface area (Å²) < 4.78 is 4.91. The largest absolute Gasteiger partial charge is 0.465 e. The Morgan fingerprint density at radius 2 is 1.94 bits per heavy atom. The maximum absolute atomic E-state index is 13.2. The van der Waals surface area contributed by atoms with Crippen molar-refractivity contribution < 1.29 is 14.3 Å². The number of thiazole rings is 1. The molecule has 0 bridgehead atoms. The van der Waals surface area contributed by atoms with Crippen LogP contribution < -0.4 is 10.6 Å². The summed E-state index contributed by atoms with van der Waals surface area (Å²) in [6.07, 6.45) is 0.768. The average Bonchev–Trinajstić information content (AvgIpc) is 3.45. The van der Waals surface area contributed by atoms with E-state index in [1.165, 1.54) is 18.4 Å². The van der Waals surface area contributed by atoms with Gasteiger partial charge in [0.25, 0.3) is 0 Å². The minimum Gasteiger partial charge on any atom is -0.465 e. The van der Waals surface area contributed by atoms with Crippen LogP contribution in [0.15, 0.2) is 48.5 Å². The smallest absolute Gasteiger partial charge is 0.339 e. The molecule has 0 amide bonds. The predicted molar refractivity (Wildman–Crippen MR) is 128 cm³/mol. The molecule has 2 heterocycles. The molecule has 1 aliphatic rings. The van der Waals surface area contributed by atoms with E-state index in [-0.39, 0.29) is 17.7 Å². The van der Waals surface area contributed by atoms with Gasteiger partial charge in [-0.05, 0) is 37.6 Å². The van der Waals surface area contributed by atoms with E-state index in [0.717, 1.165) is 29.2 Å². The molecule has 2 aromatic carbocycles. The van der Waals surface area contributed by atoms with Crippen molar-refractivity contribution in [3.8, 4) is 10.6 Å². The Morgan fingerprint density at radius 1 is 1.22 bits per heavy atom. The molecule has 0 saturated carbocycles. The zero-order valence-corrected chi connectivity index (χ0v) is 19.4. The van der Waals surface area contributed by atoms with Crippen LogP contribution in [0.5, 0.6) is 0 Å². The molecule has 1 fully saturated rings. The highest BCUT2D eigenvalue weighted by molar-refractivity contribution is 7.17. The number of carbonyl (C=O) groups is 2. The minimum atomic E-state index is -0.637. The van der Waals surface area contributed by atoms with Crippen LogP contribution in [0.1, 0.15) is 32.1 Å². The predicted octanol–water partition coefficient (Wildman–Crippen LogP) is 4.60. The topological polar surface area (TPSA) is 85.5 Å². The molecule has 2 atom stereocenters. The van der Waals surface area contributed by atoms with Crippen molar-refractivity contribution in [3.05, 3.63) is 69.7 Å². The van der Waals surface area contributed by atoms with E-state index < -0.39 is 6.04 Å². The van der Waals surface area contributed by atoms with Crippen molar-refractivity contribution in [2.45, 2.75) is 19.4 Å². The van der Waals surface area contributed by atoms with Crippen LogP contribution in [0, 0.1) is 12.8 Å². The van der Waals surface area contributed by atoms with Crippen LogP contribution >= 0.6 is 22.9 Å². The highest BCUT2D eigenvalue weighted by Gasteiger charge is 2.34. The molecule has 166 valence electrons. The van der Waals surface area contributed by atoms with Gasteiger partial charge >= 0.3 is 5.97 Å². The molecule has 1 aromatic heterocycles. The Balaban J connectivity index is 1.50. The fourth-order valence-electron chi connectivity index (χ4n) is 4.04. The Hall–Kier alpha value is -2.74. The highest BCUT2D eigenvalue weighted by Crippen LogP contribution is 2.33. The van der Waals surface area contributed by atoms with Gasteiger partial charge in [-0.3, -0.25) is 4.79 Å². The molecule has 8 heteroatoms. The number of ether oxygens (including phenoxy) is 1. The maximum atomic E-state index is 13.2. The number of ketones is 1. The minimum absolute atomic E-state index is 0.0197. The van der Waals surface area contributed by atoms with Crippen molar-refractivity contribution in [1.82, 2.24) is 4.98 Å². The number of hydrogen-bond donors (Lipinski definition) is 1. The number of halogens is 1. The van der Waals surface area contributed by atoms with Crippen LogP contribution in [0.2, 0.25) is 5.02 Å². The van der Waals surface area contributed by atoms with Crippen molar-refractivity contribution in [2.75, 3.05) is 25.1 Å². The van der Waals surface area contributed by atoms with E-state index in [1.807, 2.05) is 37.3 Å². The van der Waals surface area contributed by atoms with Crippen molar-refractivity contribution in [1.29, 1.82) is 0 Å². The number of para-hydroxylation sites is 1. The first-order valence-corrected chi connectivity index (χ1v) is 11.5. The van der Waals surface area contributed by atoms with E-state index in [2.05, 4.69) is 9.88 Å². The zero-order chi connectivity index (χ0) is 22.8. The van der Waals surface area contributed by atoms with E-state index in [4.69, 9.17) is 22.1 Å². The third-order valence-electron chi connectivity index (χ3n) is 5.80. The van der Waals surface area contributed by atoms with E-state index in [9.17, 15) is 9.59 Å². The molecule has 1 aliphatic heterocycles. The van der Waals surface area contributed by atoms with Gasteiger partial charge in [0.2, 0.25) is 0 Å². The Bertz CT molecular complexity index is 1150. The lowest BCUT2D eigenvalue weighted by Crippen LogP contribution is -2.39. The normalized spacial score (nSPS) is 16.8. The summed E-state index contributed by atoms with van der Waals surface area (Å²) in [5, 5.41) is 1.43. The number of aryl methyl sites for hydroxylation is 1. The number of benzene rings is 2. The van der Waals surface area contributed by atoms with Gasteiger partial charge < -0.3 is 15.4 Å². The first-order valence-electron chi connectivity index (χ1n) is 10.3. The highest BCUT2D eigenvalue weighted by atomic mass is 35.5. The average molecular weight is 470 g/mol. The van der Waals surface area contributed by atoms with Crippen molar-refractivity contribution in [3.63, 3.8) is 0 Å². The van der Waals surface area contributed by atoms with Gasteiger partial charge in [-0.2, -0.15) is 0 Å². The van der Waals surface area contributed by atoms with Gasteiger partial charge in [-0.1, -0.05) is 35.9 Å². The molecule has 2 unspecified atom stereocenters. The fraction of sp³-hybridized carbons (Fsp3) is 0.292.